The van der Waals surface area contributed by atoms with Gasteiger partial charge < -0.3 is 20.6 Å². The molecule has 0 aromatic heterocycles. The van der Waals surface area contributed by atoms with Crippen LogP contribution in [0.4, 0.5) is 5.69 Å². The molecule has 0 spiro atoms. The van der Waals surface area contributed by atoms with Gasteiger partial charge in [-0.3, -0.25) is 9.28 Å². The molecule has 4 aliphatic carbocycles. The Balaban J connectivity index is 0.952. The smallest absolute Gasteiger partial charge is 0.220 e. The topological polar surface area (TPSA) is 89.8 Å². The Kier molecular flexibility index (Phi) is 10.3. The number of piperidine rings is 1. The SMILES string of the molecule is CCc1ccc(C[N+]2(c3ccccc3)CCC(NC(=O)CC[C@@H](C)[C@H]3CC[C@H]4[C@@H]5[C@H](O)C[C@@H]6C[C@H](O)CC[C@]6(C)[C@H]5C[C@H](O)[C@]34C)CC2)cc1. The third kappa shape index (κ3) is 6.50. The van der Waals surface area contributed by atoms with Crippen LogP contribution in [0.1, 0.15) is 109 Å². The molecule has 2 aromatic carbocycles. The number of fused-ring (bicyclic) bond motifs is 5. The Bertz CT molecular complexity index is 1460. The van der Waals surface area contributed by atoms with E-state index in [1.165, 1.54) is 16.8 Å². The number of hydrogen-bond acceptors (Lipinski definition) is 4. The van der Waals surface area contributed by atoms with E-state index in [1.807, 2.05) is 0 Å². The summed E-state index contributed by atoms with van der Waals surface area (Å²) in [4.78, 5) is 13.4. The zero-order valence-electron chi connectivity index (χ0n) is 31.3. The second-order valence-electron chi connectivity index (χ2n) is 18.1. The van der Waals surface area contributed by atoms with Crippen LogP contribution in [0.5, 0.6) is 0 Å². The number of nitrogens with one attached hydrogen (secondary N) is 1. The quantitative estimate of drug-likeness (QED) is 0.207. The standard InChI is InChI=1S/C44H64N2O4/c1-5-30-12-14-31(15-13-30)28-46(34-9-7-6-8-10-34)23-20-33(21-24-46)45-41(50)18-11-29(2)36-16-17-37-42-38(27-40(49)44(36,37)4)43(3)22-19-35(47)25-32(43)26-39(42)48/h6-10,12-15,29,32-33,35-40,42,47-49H,5,11,16-28H2,1-4H3/p+1/t29-,32+,33?,35-,36-,37+,38+,39-,40+,42+,43+,44-,46?/m1/s1. The normalized spacial score (nSPS) is 41.8. The fourth-order valence-electron chi connectivity index (χ4n) is 12.7. The van der Waals surface area contributed by atoms with E-state index in [0.717, 1.165) is 94.7 Å². The van der Waals surface area contributed by atoms with Gasteiger partial charge in [-0.1, -0.05) is 70.2 Å². The number of hydrogen-bond donors (Lipinski definition) is 4. The van der Waals surface area contributed by atoms with Crippen LogP contribution in [-0.4, -0.2) is 58.7 Å². The summed E-state index contributed by atoms with van der Waals surface area (Å²) < 4.78 is 0.928. The predicted octanol–water partition coefficient (Wildman–Crippen LogP) is 7.41. The van der Waals surface area contributed by atoms with Crippen LogP contribution < -0.4 is 9.80 Å². The molecule has 1 aliphatic heterocycles. The van der Waals surface area contributed by atoms with Crippen molar-refractivity contribution < 1.29 is 20.1 Å². The van der Waals surface area contributed by atoms with E-state index < -0.39 is 0 Å². The maximum Gasteiger partial charge on any atom is 0.220 e. The van der Waals surface area contributed by atoms with Crippen molar-refractivity contribution in [1.82, 2.24) is 9.80 Å². The lowest BCUT2D eigenvalue weighted by molar-refractivity contribution is -0.207. The molecule has 5 fully saturated rings. The van der Waals surface area contributed by atoms with Crippen LogP contribution in [0.25, 0.3) is 0 Å². The van der Waals surface area contributed by atoms with Crippen molar-refractivity contribution in [3.8, 4) is 0 Å². The van der Waals surface area contributed by atoms with Crippen molar-refractivity contribution in [3.05, 3.63) is 65.7 Å². The average Bonchev–Trinajstić information content (AvgIpc) is 3.48. The van der Waals surface area contributed by atoms with Gasteiger partial charge in [0.25, 0.3) is 0 Å². The largest absolute Gasteiger partial charge is 0.393 e. The number of carbonyl (C=O) groups is 1. The highest BCUT2D eigenvalue weighted by atomic mass is 16.3. The molecule has 50 heavy (non-hydrogen) atoms. The average molecular weight is 686 g/mol. The van der Waals surface area contributed by atoms with Gasteiger partial charge in [0.1, 0.15) is 12.2 Å². The molecular weight excluding hydrogens is 620 g/mol. The van der Waals surface area contributed by atoms with E-state index in [9.17, 15) is 20.1 Å². The van der Waals surface area contributed by atoms with Gasteiger partial charge in [-0.2, -0.15) is 0 Å². The fourth-order valence-corrected chi connectivity index (χ4v) is 12.7. The van der Waals surface area contributed by atoms with Crippen LogP contribution in [0.2, 0.25) is 0 Å². The lowest BCUT2D eigenvalue weighted by Crippen LogP contribution is -2.62. The van der Waals surface area contributed by atoms with Crippen LogP contribution >= 0.6 is 0 Å². The molecule has 274 valence electrons. The van der Waals surface area contributed by atoms with Crippen molar-refractivity contribution >= 4 is 11.6 Å². The number of para-hydroxylation sites is 1. The van der Waals surface area contributed by atoms with Crippen molar-refractivity contribution in [2.75, 3.05) is 13.1 Å². The second-order valence-corrected chi connectivity index (χ2v) is 18.1. The molecule has 1 amide bonds. The number of benzene rings is 2. The maximum atomic E-state index is 13.4. The van der Waals surface area contributed by atoms with Crippen molar-refractivity contribution in [2.45, 2.75) is 136 Å². The number of amides is 1. The summed E-state index contributed by atoms with van der Waals surface area (Å²) in [6.07, 6.45) is 9.69. The van der Waals surface area contributed by atoms with Gasteiger partial charge in [-0.15, -0.1) is 0 Å². The summed E-state index contributed by atoms with van der Waals surface area (Å²) in [5, 5.41) is 37.5. The summed E-state index contributed by atoms with van der Waals surface area (Å²) in [6.45, 7) is 12.2. The summed E-state index contributed by atoms with van der Waals surface area (Å²) in [6, 6.07) is 20.3. The molecule has 6 nitrogen and oxygen atoms in total. The van der Waals surface area contributed by atoms with Crippen molar-refractivity contribution in [2.24, 2.45) is 46.3 Å². The van der Waals surface area contributed by atoms with Gasteiger partial charge in [0.2, 0.25) is 5.91 Å². The highest BCUT2D eigenvalue weighted by Crippen LogP contribution is 2.68. The minimum absolute atomic E-state index is 0.0895. The molecule has 4 saturated carbocycles. The second kappa shape index (κ2) is 14.3. The van der Waals surface area contributed by atoms with Gasteiger partial charge in [0.15, 0.2) is 0 Å². The Morgan fingerprint density at radius 3 is 2.28 bits per heavy atom. The third-order valence-electron chi connectivity index (χ3n) is 15.7. The number of nitrogens with zero attached hydrogens (tertiary/aromatic N) is 1. The number of carbonyl (C=O) groups excluding carboxylic acids is 1. The zero-order chi connectivity index (χ0) is 35.3. The van der Waals surface area contributed by atoms with E-state index in [0.29, 0.717) is 36.0 Å². The summed E-state index contributed by atoms with van der Waals surface area (Å²) in [5.74, 6) is 2.05. The van der Waals surface area contributed by atoms with Crippen LogP contribution in [-0.2, 0) is 17.8 Å². The first-order valence-electron chi connectivity index (χ1n) is 20.3. The van der Waals surface area contributed by atoms with Gasteiger partial charge in [0, 0.05) is 30.9 Å². The minimum Gasteiger partial charge on any atom is -0.393 e. The van der Waals surface area contributed by atoms with Crippen LogP contribution in [0, 0.1) is 46.3 Å². The first-order valence-corrected chi connectivity index (χ1v) is 20.3. The Morgan fingerprint density at radius 2 is 1.58 bits per heavy atom. The van der Waals surface area contributed by atoms with Gasteiger partial charge in [-0.05, 0) is 122 Å². The molecule has 1 heterocycles. The molecule has 4 N–H and O–H groups in total. The Hall–Kier alpha value is -2.25. The van der Waals surface area contributed by atoms with Crippen molar-refractivity contribution in [3.63, 3.8) is 0 Å². The van der Waals surface area contributed by atoms with Crippen LogP contribution in [0.3, 0.4) is 0 Å². The van der Waals surface area contributed by atoms with E-state index in [-0.39, 0.29) is 47.0 Å². The monoisotopic (exact) mass is 685 g/mol. The highest BCUT2D eigenvalue weighted by molar-refractivity contribution is 5.76. The van der Waals surface area contributed by atoms with Gasteiger partial charge in [-0.25, -0.2) is 0 Å². The van der Waals surface area contributed by atoms with E-state index >= 15 is 0 Å². The Labute approximate surface area is 301 Å². The van der Waals surface area contributed by atoms with Gasteiger partial charge in [0.05, 0.1) is 31.4 Å². The fraction of sp³-hybridized carbons (Fsp3) is 0.705. The number of rotatable bonds is 9. The highest BCUT2D eigenvalue weighted by Gasteiger charge is 2.65. The van der Waals surface area contributed by atoms with E-state index in [1.54, 1.807) is 0 Å². The molecule has 6 heteroatoms. The molecule has 0 unspecified atom stereocenters. The lowest BCUT2D eigenvalue weighted by Gasteiger charge is -2.63. The van der Waals surface area contributed by atoms with E-state index in [2.05, 4.69) is 87.6 Å². The van der Waals surface area contributed by atoms with Gasteiger partial charge >= 0.3 is 0 Å². The molecule has 7 rings (SSSR count). The third-order valence-corrected chi connectivity index (χ3v) is 15.7. The number of aliphatic hydroxyl groups excluding tert-OH is 3. The lowest BCUT2D eigenvalue weighted by atomic mass is 9.43. The number of aliphatic hydroxyl groups is 3. The molecule has 2 aromatic rings. The first-order chi connectivity index (χ1) is 24.0. The summed E-state index contributed by atoms with van der Waals surface area (Å²) in [7, 11) is 0. The number of quaternary nitrogens is 1. The molecule has 5 aliphatic rings. The number of aryl methyl sites for hydroxylation is 1. The number of likely N-dealkylation sites (tertiary alicyclic amines) is 1. The zero-order valence-corrected chi connectivity index (χ0v) is 31.3. The molecule has 0 bridgehead atoms. The predicted molar refractivity (Wildman–Crippen MR) is 201 cm³/mol. The Morgan fingerprint density at radius 1 is 0.880 bits per heavy atom. The minimum atomic E-state index is -0.387. The molecular formula is C44H65N2O4+. The van der Waals surface area contributed by atoms with Crippen LogP contribution in [0.15, 0.2) is 54.6 Å². The first kappa shape index (κ1) is 36.1. The molecule has 11 atom stereocenters. The molecule has 0 radical (unpaired) electrons. The van der Waals surface area contributed by atoms with E-state index in [4.69, 9.17) is 0 Å². The molecule has 1 saturated heterocycles. The summed E-state index contributed by atoms with van der Waals surface area (Å²) in [5.41, 5.74) is 3.96. The maximum absolute atomic E-state index is 13.4. The van der Waals surface area contributed by atoms with Crippen molar-refractivity contribution in [1.29, 1.82) is 0 Å². The summed E-state index contributed by atoms with van der Waals surface area (Å²) >= 11 is 0.